The maximum absolute atomic E-state index is 13.2. The Morgan fingerprint density at radius 1 is 1.14 bits per heavy atom. The first-order valence-corrected chi connectivity index (χ1v) is 10.2. The Morgan fingerprint density at radius 2 is 1.86 bits per heavy atom. The molecule has 2 N–H and O–H groups in total. The monoisotopic (exact) mass is 419 g/mol. The van der Waals surface area contributed by atoms with Crippen LogP contribution in [-0.4, -0.2) is 47.4 Å². The SMILES string of the molecule is CC(=O)NC1C(Sc2ccc(F)cc2)OC2COC(c3ccccc3)OC2C1O. The van der Waals surface area contributed by atoms with Crippen molar-refractivity contribution in [3.05, 3.63) is 66.0 Å². The number of halogens is 1. The lowest BCUT2D eigenvalue weighted by molar-refractivity contribution is -0.306. The second-order valence-corrected chi connectivity index (χ2v) is 8.18. The molecule has 0 bridgehead atoms. The minimum Gasteiger partial charge on any atom is -0.388 e. The van der Waals surface area contributed by atoms with Gasteiger partial charge in [0.15, 0.2) is 6.29 Å². The molecule has 6 nitrogen and oxygen atoms in total. The molecule has 6 atom stereocenters. The van der Waals surface area contributed by atoms with Crippen molar-refractivity contribution in [1.29, 1.82) is 0 Å². The van der Waals surface area contributed by atoms with Gasteiger partial charge in [0.2, 0.25) is 5.91 Å². The van der Waals surface area contributed by atoms with Gasteiger partial charge in [-0.15, -0.1) is 0 Å². The third-order valence-electron chi connectivity index (χ3n) is 4.87. The van der Waals surface area contributed by atoms with Gasteiger partial charge in [-0.3, -0.25) is 4.79 Å². The van der Waals surface area contributed by atoms with Gasteiger partial charge in [0.05, 0.1) is 12.6 Å². The first-order valence-electron chi connectivity index (χ1n) is 9.36. The van der Waals surface area contributed by atoms with Gasteiger partial charge in [0, 0.05) is 17.4 Å². The first kappa shape index (κ1) is 20.3. The van der Waals surface area contributed by atoms with Gasteiger partial charge < -0.3 is 24.6 Å². The van der Waals surface area contributed by atoms with Crippen LogP contribution in [-0.2, 0) is 19.0 Å². The maximum atomic E-state index is 13.2. The van der Waals surface area contributed by atoms with E-state index in [1.807, 2.05) is 30.3 Å². The van der Waals surface area contributed by atoms with Gasteiger partial charge in [-0.25, -0.2) is 4.39 Å². The van der Waals surface area contributed by atoms with Crippen molar-refractivity contribution in [3.8, 4) is 0 Å². The molecule has 2 aliphatic heterocycles. The summed E-state index contributed by atoms with van der Waals surface area (Å²) in [5.74, 6) is -0.620. The summed E-state index contributed by atoms with van der Waals surface area (Å²) in [4.78, 5) is 12.5. The highest BCUT2D eigenvalue weighted by Crippen LogP contribution is 2.38. The Balaban J connectivity index is 1.53. The van der Waals surface area contributed by atoms with Gasteiger partial charge in [-0.05, 0) is 24.3 Å². The molecule has 1 amide bonds. The lowest BCUT2D eigenvalue weighted by Gasteiger charge is -2.47. The number of thioether (sulfide) groups is 1. The highest BCUT2D eigenvalue weighted by molar-refractivity contribution is 7.99. The van der Waals surface area contributed by atoms with E-state index in [0.717, 1.165) is 10.5 Å². The number of fused-ring (bicyclic) bond motifs is 1. The fourth-order valence-corrected chi connectivity index (χ4v) is 4.64. The van der Waals surface area contributed by atoms with Crippen LogP contribution >= 0.6 is 11.8 Å². The number of hydrogen-bond donors (Lipinski definition) is 2. The number of carbonyl (C=O) groups is 1. The highest BCUT2D eigenvalue weighted by atomic mass is 32.2. The molecule has 2 fully saturated rings. The summed E-state index contributed by atoms with van der Waals surface area (Å²) in [6, 6.07) is 14.7. The third-order valence-corrected chi connectivity index (χ3v) is 6.05. The van der Waals surface area contributed by atoms with E-state index < -0.39 is 36.1 Å². The molecule has 0 radical (unpaired) electrons. The Bertz CT molecular complexity index is 837. The molecule has 0 saturated carbocycles. The molecule has 154 valence electrons. The quantitative estimate of drug-likeness (QED) is 0.794. The van der Waals surface area contributed by atoms with Crippen LogP contribution in [0.3, 0.4) is 0 Å². The molecule has 0 spiro atoms. The molecule has 29 heavy (non-hydrogen) atoms. The van der Waals surface area contributed by atoms with E-state index in [0.29, 0.717) is 0 Å². The Hall–Kier alpha value is -1.97. The largest absolute Gasteiger partial charge is 0.388 e. The molecule has 0 aromatic heterocycles. The second-order valence-electron chi connectivity index (χ2n) is 7.01. The number of carbonyl (C=O) groups excluding carboxylic acids is 1. The number of ether oxygens (including phenoxy) is 3. The third kappa shape index (κ3) is 4.62. The fraction of sp³-hybridized carbons (Fsp3) is 0.381. The van der Waals surface area contributed by atoms with E-state index in [1.54, 1.807) is 12.1 Å². The zero-order valence-corrected chi connectivity index (χ0v) is 16.6. The number of amides is 1. The van der Waals surface area contributed by atoms with Crippen LogP contribution < -0.4 is 5.32 Å². The van der Waals surface area contributed by atoms with Gasteiger partial charge in [-0.2, -0.15) is 0 Å². The summed E-state index contributed by atoms with van der Waals surface area (Å²) >= 11 is 1.31. The average molecular weight is 419 g/mol. The van der Waals surface area contributed by atoms with E-state index in [-0.39, 0.29) is 18.3 Å². The van der Waals surface area contributed by atoms with E-state index in [4.69, 9.17) is 14.2 Å². The van der Waals surface area contributed by atoms with Gasteiger partial charge >= 0.3 is 0 Å². The van der Waals surface area contributed by atoms with Crippen molar-refractivity contribution in [2.24, 2.45) is 0 Å². The molecule has 8 heteroatoms. The molecule has 2 aromatic carbocycles. The van der Waals surface area contributed by atoms with E-state index in [2.05, 4.69) is 5.32 Å². The van der Waals surface area contributed by atoms with E-state index >= 15 is 0 Å². The molecular formula is C21H22FNO5S. The molecule has 2 aliphatic rings. The fourth-order valence-electron chi connectivity index (χ4n) is 3.51. The minimum absolute atomic E-state index is 0.245. The highest BCUT2D eigenvalue weighted by Gasteiger charge is 2.49. The summed E-state index contributed by atoms with van der Waals surface area (Å²) < 4.78 is 31.2. The Labute approximate surface area is 172 Å². The molecule has 2 heterocycles. The van der Waals surface area contributed by atoms with Gasteiger partial charge in [0.25, 0.3) is 0 Å². The lowest BCUT2D eigenvalue weighted by Crippen LogP contribution is -2.65. The smallest absolute Gasteiger partial charge is 0.217 e. The number of rotatable bonds is 4. The minimum atomic E-state index is -0.995. The second kappa shape index (κ2) is 8.81. The average Bonchev–Trinajstić information content (AvgIpc) is 2.73. The number of benzene rings is 2. The van der Waals surface area contributed by atoms with Crippen LogP contribution in [0.1, 0.15) is 18.8 Å². The first-order chi connectivity index (χ1) is 14.0. The molecule has 6 unspecified atom stereocenters. The molecule has 2 saturated heterocycles. The van der Waals surface area contributed by atoms with Crippen molar-refractivity contribution in [1.82, 2.24) is 5.32 Å². The molecule has 0 aliphatic carbocycles. The van der Waals surface area contributed by atoms with Crippen molar-refractivity contribution >= 4 is 17.7 Å². The van der Waals surface area contributed by atoms with Crippen LogP contribution in [0, 0.1) is 5.82 Å². The zero-order chi connectivity index (χ0) is 20.4. The van der Waals surface area contributed by atoms with Crippen molar-refractivity contribution < 1.29 is 28.5 Å². The summed E-state index contributed by atoms with van der Waals surface area (Å²) in [6.45, 7) is 1.63. The van der Waals surface area contributed by atoms with E-state index in [9.17, 15) is 14.3 Å². The summed E-state index contributed by atoms with van der Waals surface area (Å²) in [5.41, 5.74) is 0.262. The Morgan fingerprint density at radius 3 is 2.55 bits per heavy atom. The van der Waals surface area contributed by atoms with Crippen molar-refractivity contribution in [3.63, 3.8) is 0 Å². The standard InChI is InChI=1S/C21H22FNO5S/c1-12(24)23-17-18(25)19-16(11-26-20(28-19)13-5-3-2-4-6-13)27-21(17)29-15-9-7-14(22)8-10-15/h2-10,16-21,25H,11H2,1H3,(H,23,24). The van der Waals surface area contributed by atoms with E-state index in [1.165, 1.54) is 30.8 Å². The Kier molecular flexibility index (Phi) is 6.17. The predicted molar refractivity (Wildman–Crippen MR) is 105 cm³/mol. The van der Waals surface area contributed by atoms with Crippen LogP contribution in [0.25, 0.3) is 0 Å². The van der Waals surface area contributed by atoms with Crippen LogP contribution in [0.5, 0.6) is 0 Å². The topological polar surface area (TPSA) is 77.0 Å². The van der Waals surface area contributed by atoms with Crippen LogP contribution in [0.4, 0.5) is 4.39 Å². The van der Waals surface area contributed by atoms with Crippen LogP contribution in [0.15, 0.2) is 59.5 Å². The predicted octanol–water partition coefficient (Wildman–Crippen LogP) is 2.62. The molecule has 4 rings (SSSR count). The number of aliphatic hydroxyl groups excluding tert-OH is 1. The molecular weight excluding hydrogens is 397 g/mol. The number of nitrogens with one attached hydrogen (secondary N) is 1. The maximum Gasteiger partial charge on any atom is 0.217 e. The van der Waals surface area contributed by atoms with Gasteiger partial charge in [-0.1, -0.05) is 42.1 Å². The number of aliphatic hydroxyl groups is 1. The summed E-state index contributed by atoms with van der Waals surface area (Å²) in [5, 5.41) is 13.8. The normalized spacial score (nSPS) is 31.7. The lowest BCUT2D eigenvalue weighted by atomic mass is 9.96. The zero-order valence-electron chi connectivity index (χ0n) is 15.7. The summed E-state index contributed by atoms with van der Waals surface area (Å²) in [7, 11) is 0. The number of hydrogen-bond acceptors (Lipinski definition) is 6. The van der Waals surface area contributed by atoms with Crippen molar-refractivity contribution in [2.45, 2.75) is 47.9 Å². The van der Waals surface area contributed by atoms with Gasteiger partial charge in [0.1, 0.15) is 29.6 Å². The molecule has 2 aromatic rings. The van der Waals surface area contributed by atoms with Crippen LogP contribution in [0.2, 0.25) is 0 Å². The summed E-state index contributed by atoms with van der Waals surface area (Å²) in [6.07, 6.45) is -2.76. The van der Waals surface area contributed by atoms with Crippen molar-refractivity contribution in [2.75, 3.05) is 6.61 Å².